The van der Waals surface area contributed by atoms with Gasteiger partial charge in [0, 0.05) is 19.7 Å². The van der Waals surface area contributed by atoms with Crippen molar-refractivity contribution in [2.75, 3.05) is 6.54 Å². The molecule has 110 valence electrons. The van der Waals surface area contributed by atoms with Crippen LogP contribution in [0.25, 0.3) is 0 Å². The average molecular weight is 287 g/mol. The summed E-state index contributed by atoms with van der Waals surface area (Å²) in [6, 6.07) is 10.1. The maximum Gasteiger partial charge on any atom is 0.271 e. The molecule has 0 radical (unpaired) electrons. The Balaban J connectivity index is 2.02. The summed E-state index contributed by atoms with van der Waals surface area (Å²) in [4.78, 5) is 23.1. The molecule has 0 bridgehead atoms. The molecule has 6 heteroatoms. The summed E-state index contributed by atoms with van der Waals surface area (Å²) in [5.74, 6) is -0.432. The number of carbonyl (C=O) groups excluding carboxylic acids is 1. The highest BCUT2D eigenvalue weighted by Gasteiger charge is 2.13. The molecule has 2 N–H and O–H groups in total. The zero-order valence-electron chi connectivity index (χ0n) is 11.9. The molecule has 0 aliphatic rings. The lowest BCUT2D eigenvalue weighted by molar-refractivity contribution is 0.0908. The van der Waals surface area contributed by atoms with Crippen LogP contribution in [0.1, 0.15) is 27.7 Å². The monoisotopic (exact) mass is 287 g/mol. The summed E-state index contributed by atoms with van der Waals surface area (Å²) in [6.45, 7) is 1.98. The number of hydrogen-bond donors (Lipinski definition) is 2. The van der Waals surface area contributed by atoms with E-state index >= 15 is 0 Å². The number of carbonyl (C=O) groups is 1. The van der Waals surface area contributed by atoms with Gasteiger partial charge in [-0.3, -0.25) is 9.59 Å². The topological polar surface area (TPSA) is 84.2 Å². The Kier molecular flexibility index (Phi) is 4.49. The number of nitrogens with one attached hydrogen (secondary N) is 1. The van der Waals surface area contributed by atoms with Crippen molar-refractivity contribution in [1.82, 2.24) is 15.1 Å². The lowest BCUT2D eigenvalue weighted by atomic mass is 10.0. The van der Waals surface area contributed by atoms with Gasteiger partial charge < -0.3 is 10.4 Å². The van der Waals surface area contributed by atoms with E-state index in [4.69, 9.17) is 0 Å². The Morgan fingerprint density at radius 1 is 1.33 bits per heavy atom. The molecule has 1 aromatic heterocycles. The number of hydrogen-bond acceptors (Lipinski definition) is 4. The van der Waals surface area contributed by atoms with Gasteiger partial charge in [-0.05, 0) is 24.1 Å². The van der Waals surface area contributed by atoms with Gasteiger partial charge in [-0.15, -0.1) is 0 Å². The Hall–Kier alpha value is -2.47. The van der Waals surface area contributed by atoms with Crippen molar-refractivity contribution in [2.24, 2.45) is 7.05 Å². The lowest BCUT2D eigenvalue weighted by Crippen LogP contribution is -2.31. The largest absolute Gasteiger partial charge is 0.387 e. The molecule has 1 amide bonds. The predicted molar refractivity (Wildman–Crippen MR) is 78.0 cm³/mol. The molecule has 0 fully saturated rings. The number of nitrogens with zero attached hydrogens (tertiary/aromatic N) is 2. The third kappa shape index (κ3) is 3.55. The van der Waals surface area contributed by atoms with E-state index < -0.39 is 12.0 Å². The fraction of sp³-hybridized carbons (Fsp3) is 0.267. The van der Waals surface area contributed by atoms with Crippen LogP contribution in [0.3, 0.4) is 0 Å². The number of aliphatic hydroxyl groups is 1. The molecule has 2 aromatic rings. The zero-order chi connectivity index (χ0) is 15.4. The first kappa shape index (κ1) is 14.9. The van der Waals surface area contributed by atoms with Crippen molar-refractivity contribution in [3.63, 3.8) is 0 Å². The molecular formula is C15H17N3O3. The van der Waals surface area contributed by atoms with E-state index in [2.05, 4.69) is 10.4 Å². The summed E-state index contributed by atoms with van der Waals surface area (Å²) < 4.78 is 1.09. The second-order valence-electron chi connectivity index (χ2n) is 4.76. The van der Waals surface area contributed by atoms with E-state index in [1.165, 1.54) is 19.2 Å². The van der Waals surface area contributed by atoms with Crippen LogP contribution in [-0.4, -0.2) is 27.3 Å². The maximum atomic E-state index is 11.9. The third-order valence-corrected chi connectivity index (χ3v) is 3.20. The molecule has 1 heterocycles. The Morgan fingerprint density at radius 3 is 2.71 bits per heavy atom. The first-order chi connectivity index (χ1) is 9.99. The molecule has 0 saturated heterocycles. The molecule has 1 unspecified atom stereocenters. The molecule has 0 aliphatic heterocycles. The normalized spacial score (nSPS) is 12.0. The molecular weight excluding hydrogens is 270 g/mol. The maximum absolute atomic E-state index is 11.9. The number of aliphatic hydroxyl groups excluding tert-OH is 1. The predicted octanol–water partition coefficient (Wildman–Crippen LogP) is 0.552. The second-order valence-corrected chi connectivity index (χ2v) is 4.76. The number of rotatable bonds is 4. The highest BCUT2D eigenvalue weighted by Crippen LogP contribution is 2.16. The third-order valence-electron chi connectivity index (χ3n) is 3.20. The highest BCUT2D eigenvalue weighted by atomic mass is 16.3. The molecule has 6 nitrogen and oxygen atoms in total. The Labute approximate surface area is 122 Å². The lowest BCUT2D eigenvalue weighted by Gasteiger charge is -2.14. The smallest absolute Gasteiger partial charge is 0.271 e. The first-order valence-corrected chi connectivity index (χ1v) is 6.55. The van der Waals surface area contributed by atoms with E-state index in [1.54, 1.807) is 0 Å². The molecule has 0 spiro atoms. The average Bonchev–Trinajstić information content (AvgIpc) is 2.47. The molecule has 2 rings (SSSR count). The quantitative estimate of drug-likeness (QED) is 0.860. The van der Waals surface area contributed by atoms with Crippen LogP contribution < -0.4 is 10.9 Å². The highest BCUT2D eigenvalue weighted by molar-refractivity contribution is 5.92. The summed E-state index contributed by atoms with van der Waals surface area (Å²) in [7, 11) is 1.47. The van der Waals surface area contributed by atoms with Crippen LogP contribution in [0.15, 0.2) is 41.2 Å². The summed E-state index contributed by atoms with van der Waals surface area (Å²) in [5.41, 5.74) is 1.58. The second kappa shape index (κ2) is 6.32. The minimum atomic E-state index is -0.789. The molecule has 21 heavy (non-hydrogen) atoms. The van der Waals surface area contributed by atoms with Crippen LogP contribution in [0.5, 0.6) is 0 Å². The first-order valence-electron chi connectivity index (χ1n) is 6.55. The van der Waals surface area contributed by atoms with Gasteiger partial charge in [0.05, 0.1) is 6.10 Å². The number of benzene rings is 1. The van der Waals surface area contributed by atoms with Crippen molar-refractivity contribution >= 4 is 5.91 Å². The van der Waals surface area contributed by atoms with Crippen molar-refractivity contribution in [1.29, 1.82) is 0 Å². The van der Waals surface area contributed by atoms with Crippen LogP contribution in [0.2, 0.25) is 0 Å². The van der Waals surface area contributed by atoms with Gasteiger partial charge in [-0.25, -0.2) is 4.68 Å². The van der Waals surface area contributed by atoms with Crippen LogP contribution >= 0.6 is 0 Å². The van der Waals surface area contributed by atoms with Crippen LogP contribution in [0.4, 0.5) is 0 Å². The van der Waals surface area contributed by atoms with Crippen LogP contribution in [0, 0.1) is 6.92 Å². The molecule has 1 aromatic carbocycles. The molecule has 1 atom stereocenters. The van der Waals surface area contributed by atoms with Crippen molar-refractivity contribution in [3.8, 4) is 0 Å². The van der Waals surface area contributed by atoms with Gasteiger partial charge in [0.2, 0.25) is 0 Å². The molecule has 0 saturated carbocycles. The van der Waals surface area contributed by atoms with Gasteiger partial charge in [-0.1, -0.05) is 24.3 Å². The number of aryl methyl sites for hydroxylation is 2. The fourth-order valence-corrected chi connectivity index (χ4v) is 1.97. The van der Waals surface area contributed by atoms with E-state index in [0.29, 0.717) is 0 Å². The van der Waals surface area contributed by atoms with Gasteiger partial charge in [-0.2, -0.15) is 5.10 Å². The van der Waals surface area contributed by atoms with Crippen molar-refractivity contribution in [3.05, 3.63) is 63.6 Å². The van der Waals surface area contributed by atoms with Crippen LogP contribution in [-0.2, 0) is 7.05 Å². The Morgan fingerprint density at radius 2 is 2.05 bits per heavy atom. The summed E-state index contributed by atoms with van der Waals surface area (Å²) >= 11 is 0. The summed E-state index contributed by atoms with van der Waals surface area (Å²) in [5, 5.41) is 16.6. The van der Waals surface area contributed by atoms with Crippen molar-refractivity contribution < 1.29 is 9.90 Å². The summed E-state index contributed by atoms with van der Waals surface area (Å²) in [6.07, 6.45) is -0.789. The van der Waals surface area contributed by atoms with Crippen molar-refractivity contribution in [2.45, 2.75) is 13.0 Å². The van der Waals surface area contributed by atoms with E-state index in [-0.39, 0.29) is 17.8 Å². The van der Waals surface area contributed by atoms with Gasteiger partial charge in [0.25, 0.3) is 11.5 Å². The van der Waals surface area contributed by atoms with Gasteiger partial charge in [0.15, 0.2) is 0 Å². The zero-order valence-corrected chi connectivity index (χ0v) is 11.9. The molecule has 0 aliphatic carbocycles. The SMILES string of the molecule is Cc1ccccc1C(O)CNC(=O)c1ccc(=O)n(C)n1. The fourth-order valence-electron chi connectivity index (χ4n) is 1.97. The Bertz CT molecular complexity index is 709. The van der Waals surface area contributed by atoms with E-state index in [9.17, 15) is 14.7 Å². The van der Waals surface area contributed by atoms with Gasteiger partial charge in [0.1, 0.15) is 5.69 Å². The minimum absolute atomic E-state index is 0.0776. The standard InChI is InChI=1S/C15H17N3O3/c1-10-5-3-4-6-11(10)13(19)9-16-15(21)12-7-8-14(20)18(2)17-12/h3-8,13,19H,9H2,1-2H3,(H,16,21). The number of aromatic nitrogens is 2. The van der Waals surface area contributed by atoms with E-state index in [1.807, 2.05) is 31.2 Å². The minimum Gasteiger partial charge on any atom is -0.387 e. The number of amides is 1. The van der Waals surface area contributed by atoms with Gasteiger partial charge >= 0.3 is 0 Å². The van der Waals surface area contributed by atoms with E-state index in [0.717, 1.165) is 15.8 Å².